The fourth-order valence-corrected chi connectivity index (χ4v) is 3.88. The van der Waals surface area contributed by atoms with Gasteiger partial charge in [0.25, 0.3) is 0 Å². The molecule has 0 fully saturated rings. The Morgan fingerprint density at radius 3 is 2.91 bits per heavy atom. The molecule has 5 nitrogen and oxygen atoms in total. The van der Waals surface area contributed by atoms with Gasteiger partial charge in [0.15, 0.2) is 0 Å². The summed E-state index contributed by atoms with van der Waals surface area (Å²) in [6, 6.07) is 1.70. The summed E-state index contributed by atoms with van der Waals surface area (Å²) in [6.07, 6.45) is 3.69. The summed E-state index contributed by atoms with van der Waals surface area (Å²) in [5.74, 6) is 2.43. The highest BCUT2D eigenvalue weighted by Gasteiger charge is 2.35. The molecule has 1 aromatic rings. The van der Waals surface area contributed by atoms with E-state index in [1.807, 2.05) is 19.2 Å². The van der Waals surface area contributed by atoms with Gasteiger partial charge in [-0.25, -0.2) is 4.79 Å². The summed E-state index contributed by atoms with van der Waals surface area (Å²) in [6.45, 7) is 8.26. The number of fused-ring (bicyclic) bond motifs is 1. The van der Waals surface area contributed by atoms with Crippen molar-refractivity contribution in [1.82, 2.24) is 10.6 Å². The molecule has 23 heavy (non-hydrogen) atoms. The molecule has 1 aromatic heterocycles. The second-order valence-electron chi connectivity index (χ2n) is 7.59. The lowest BCUT2D eigenvalue weighted by Gasteiger charge is -2.35. The summed E-state index contributed by atoms with van der Waals surface area (Å²) in [5.41, 5.74) is 0.257. The van der Waals surface area contributed by atoms with E-state index >= 15 is 0 Å². The van der Waals surface area contributed by atoms with Crippen LogP contribution >= 0.6 is 11.8 Å². The largest absolute Gasteiger partial charge is 0.466 e. The van der Waals surface area contributed by atoms with Crippen molar-refractivity contribution >= 4 is 17.8 Å². The van der Waals surface area contributed by atoms with E-state index in [4.69, 9.17) is 4.42 Å². The van der Waals surface area contributed by atoms with E-state index in [0.717, 1.165) is 29.9 Å². The van der Waals surface area contributed by atoms with Crippen LogP contribution in [0.25, 0.3) is 0 Å². The number of nitrogens with one attached hydrogen (secondary N) is 2. The van der Waals surface area contributed by atoms with E-state index in [1.165, 1.54) is 0 Å². The van der Waals surface area contributed by atoms with Gasteiger partial charge in [-0.15, -0.1) is 0 Å². The van der Waals surface area contributed by atoms with Gasteiger partial charge in [0.2, 0.25) is 0 Å². The van der Waals surface area contributed by atoms with Gasteiger partial charge in [0, 0.05) is 24.3 Å². The van der Waals surface area contributed by atoms with Gasteiger partial charge in [0.05, 0.1) is 11.6 Å². The molecule has 2 atom stereocenters. The second-order valence-corrected chi connectivity index (χ2v) is 8.46. The number of aliphatic hydroxyl groups is 1. The fraction of sp³-hybridized carbons (Fsp3) is 0.706. The summed E-state index contributed by atoms with van der Waals surface area (Å²) in [7, 11) is 0. The Morgan fingerprint density at radius 1 is 1.57 bits per heavy atom. The van der Waals surface area contributed by atoms with Crippen molar-refractivity contribution in [3.8, 4) is 0 Å². The van der Waals surface area contributed by atoms with Gasteiger partial charge in [-0.1, -0.05) is 13.8 Å². The maximum atomic E-state index is 12.2. The van der Waals surface area contributed by atoms with Crippen LogP contribution in [0.5, 0.6) is 0 Å². The van der Waals surface area contributed by atoms with Crippen molar-refractivity contribution in [3.05, 3.63) is 23.2 Å². The van der Waals surface area contributed by atoms with E-state index < -0.39 is 5.60 Å². The van der Waals surface area contributed by atoms with Crippen molar-refractivity contribution in [2.45, 2.75) is 52.2 Å². The number of hydrogen-bond donors (Lipinski definition) is 3. The lowest BCUT2D eigenvalue weighted by Crippen LogP contribution is -2.47. The lowest BCUT2D eigenvalue weighted by molar-refractivity contribution is 0.0865. The highest BCUT2D eigenvalue weighted by molar-refractivity contribution is 7.98. The van der Waals surface area contributed by atoms with Crippen LogP contribution in [0.15, 0.2) is 10.5 Å². The van der Waals surface area contributed by atoms with Gasteiger partial charge in [-0.2, -0.15) is 11.8 Å². The molecule has 0 radical (unpaired) electrons. The smallest absolute Gasteiger partial charge is 0.315 e. The van der Waals surface area contributed by atoms with Gasteiger partial charge in [0.1, 0.15) is 11.5 Å². The molecule has 0 saturated heterocycles. The van der Waals surface area contributed by atoms with E-state index in [1.54, 1.807) is 18.7 Å². The Balaban J connectivity index is 2.00. The molecule has 2 amide bonds. The number of urea groups is 1. The third kappa shape index (κ3) is 4.91. The quantitative estimate of drug-likeness (QED) is 0.770. The number of amides is 2. The molecular formula is C17H28N2O3S. The topological polar surface area (TPSA) is 74.5 Å². The molecule has 0 bridgehead atoms. The normalized spacial score (nSPS) is 22.1. The summed E-state index contributed by atoms with van der Waals surface area (Å²) in [4.78, 5) is 12.2. The number of furan rings is 1. The number of aryl methyl sites for hydroxylation is 1. The summed E-state index contributed by atoms with van der Waals surface area (Å²) in [5, 5.41) is 15.9. The molecule has 1 aliphatic carbocycles. The molecule has 3 N–H and O–H groups in total. The van der Waals surface area contributed by atoms with Crippen molar-refractivity contribution in [2.75, 3.05) is 18.6 Å². The van der Waals surface area contributed by atoms with Crippen LogP contribution in [0.4, 0.5) is 4.79 Å². The highest BCUT2D eigenvalue weighted by atomic mass is 32.2. The van der Waals surface area contributed by atoms with Crippen molar-refractivity contribution < 1.29 is 14.3 Å². The molecular weight excluding hydrogens is 312 g/mol. The summed E-state index contributed by atoms with van der Waals surface area (Å²) < 4.78 is 5.79. The predicted molar refractivity (Wildman–Crippen MR) is 93.8 cm³/mol. The zero-order valence-corrected chi connectivity index (χ0v) is 15.5. The minimum absolute atomic E-state index is 0.0586. The van der Waals surface area contributed by atoms with E-state index in [2.05, 4.69) is 24.5 Å². The zero-order valence-electron chi connectivity index (χ0n) is 14.7. The molecule has 0 saturated carbocycles. The molecule has 0 aromatic carbocycles. The maximum absolute atomic E-state index is 12.2. The number of thioether (sulfide) groups is 1. The minimum Gasteiger partial charge on any atom is -0.466 e. The van der Waals surface area contributed by atoms with Gasteiger partial charge in [-0.3, -0.25) is 0 Å². The van der Waals surface area contributed by atoms with Crippen LogP contribution in [-0.4, -0.2) is 35.3 Å². The monoisotopic (exact) mass is 340 g/mol. The molecule has 0 spiro atoms. The highest BCUT2D eigenvalue weighted by Crippen LogP contribution is 2.41. The van der Waals surface area contributed by atoms with Gasteiger partial charge >= 0.3 is 6.03 Å². The number of hydrogen-bond acceptors (Lipinski definition) is 4. The average molecular weight is 340 g/mol. The number of carbonyl (C=O) groups is 1. The predicted octanol–water partition coefficient (Wildman–Crippen LogP) is 3.01. The number of carbonyl (C=O) groups excluding carboxylic acids is 1. The molecule has 2 rings (SSSR count). The van der Waals surface area contributed by atoms with Crippen LogP contribution in [0.3, 0.4) is 0 Å². The molecule has 1 aliphatic rings. The van der Waals surface area contributed by atoms with Crippen molar-refractivity contribution in [2.24, 2.45) is 5.41 Å². The second kappa shape index (κ2) is 6.77. The Labute approximate surface area is 142 Å². The third-order valence-corrected chi connectivity index (χ3v) is 5.04. The minimum atomic E-state index is -0.903. The fourth-order valence-electron chi connectivity index (χ4n) is 3.16. The Morgan fingerprint density at radius 2 is 2.26 bits per heavy atom. The standard InChI is InChI=1S/C17H28N2O3S/c1-11-6-12-13(7-16(2,3)8-14(12)22-11)19-15(20)18-9-17(4,21)10-23-5/h6,13,21H,7-10H2,1-5H3,(H2,18,19,20). The van der Waals surface area contributed by atoms with E-state index in [9.17, 15) is 9.90 Å². The lowest BCUT2D eigenvalue weighted by atomic mass is 9.75. The first kappa shape index (κ1) is 18.2. The average Bonchev–Trinajstić information content (AvgIpc) is 2.75. The SMILES string of the molecule is CSCC(C)(O)CNC(=O)NC1CC(C)(C)Cc2oc(C)cc21. The van der Waals surface area contributed by atoms with Crippen LogP contribution in [0.2, 0.25) is 0 Å². The molecule has 1 heterocycles. The molecule has 6 heteroatoms. The van der Waals surface area contributed by atoms with Crippen LogP contribution in [0.1, 0.15) is 50.3 Å². The Hall–Kier alpha value is -1.14. The Kier molecular flexibility index (Phi) is 5.36. The van der Waals surface area contributed by atoms with E-state index in [-0.39, 0.29) is 24.0 Å². The molecule has 0 aliphatic heterocycles. The Bertz CT molecular complexity index is 566. The molecule has 2 unspecified atom stereocenters. The van der Waals surface area contributed by atoms with E-state index in [0.29, 0.717) is 5.75 Å². The van der Waals surface area contributed by atoms with Gasteiger partial charge < -0.3 is 20.2 Å². The zero-order chi connectivity index (χ0) is 17.3. The summed E-state index contributed by atoms with van der Waals surface area (Å²) >= 11 is 1.55. The first-order chi connectivity index (χ1) is 10.6. The molecule has 130 valence electrons. The van der Waals surface area contributed by atoms with Crippen LogP contribution in [-0.2, 0) is 6.42 Å². The first-order valence-corrected chi connectivity index (χ1v) is 9.36. The van der Waals surface area contributed by atoms with Crippen molar-refractivity contribution in [1.29, 1.82) is 0 Å². The van der Waals surface area contributed by atoms with Crippen molar-refractivity contribution in [3.63, 3.8) is 0 Å². The maximum Gasteiger partial charge on any atom is 0.315 e. The third-order valence-electron chi connectivity index (χ3n) is 4.13. The van der Waals surface area contributed by atoms with Crippen LogP contribution < -0.4 is 10.6 Å². The van der Waals surface area contributed by atoms with Gasteiger partial charge in [-0.05, 0) is 38.0 Å². The number of rotatable bonds is 5. The first-order valence-electron chi connectivity index (χ1n) is 7.97. The van der Waals surface area contributed by atoms with Crippen LogP contribution in [0, 0.1) is 12.3 Å².